The summed E-state index contributed by atoms with van der Waals surface area (Å²) in [4.78, 5) is 0. The molecule has 1 saturated heterocycles. The number of nitrogens with two attached hydrogens (primary N) is 1. The molecule has 2 N–H and O–H groups in total. The van der Waals surface area contributed by atoms with Gasteiger partial charge in [-0.05, 0) is 38.1 Å². The Morgan fingerprint density at radius 2 is 2.19 bits per heavy atom. The van der Waals surface area contributed by atoms with Crippen molar-refractivity contribution in [1.82, 2.24) is 8.61 Å². The molecular formula is C10H21N3O2S. The van der Waals surface area contributed by atoms with E-state index in [1.807, 2.05) is 0 Å². The average molecular weight is 247 g/mol. The van der Waals surface area contributed by atoms with Crippen LogP contribution in [-0.4, -0.2) is 49.8 Å². The number of nitrogens with zero attached hydrogens (tertiary/aromatic N) is 2. The normalized spacial score (nSPS) is 30.4. The largest absolute Gasteiger partial charge is 0.330 e. The van der Waals surface area contributed by atoms with Gasteiger partial charge in [-0.1, -0.05) is 0 Å². The first-order chi connectivity index (χ1) is 7.55. The smallest absolute Gasteiger partial charge is 0.281 e. The molecule has 1 aliphatic heterocycles. The van der Waals surface area contributed by atoms with Gasteiger partial charge in [0.1, 0.15) is 0 Å². The number of piperidine rings is 1. The summed E-state index contributed by atoms with van der Waals surface area (Å²) in [5, 5.41) is 0. The summed E-state index contributed by atoms with van der Waals surface area (Å²) in [7, 11) is -1.58. The van der Waals surface area contributed by atoms with E-state index in [1.54, 1.807) is 11.4 Å². The van der Waals surface area contributed by atoms with E-state index in [0.717, 1.165) is 25.8 Å². The van der Waals surface area contributed by atoms with E-state index in [1.165, 1.54) is 10.7 Å². The third-order valence-electron chi connectivity index (χ3n) is 3.73. The molecule has 6 heteroatoms. The van der Waals surface area contributed by atoms with E-state index in [-0.39, 0.29) is 6.04 Å². The van der Waals surface area contributed by atoms with Crippen LogP contribution >= 0.6 is 0 Å². The van der Waals surface area contributed by atoms with Gasteiger partial charge in [0.2, 0.25) is 0 Å². The number of rotatable bonds is 5. The van der Waals surface area contributed by atoms with Gasteiger partial charge >= 0.3 is 0 Å². The van der Waals surface area contributed by atoms with E-state index in [9.17, 15) is 8.42 Å². The van der Waals surface area contributed by atoms with Gasteiger partial charge in [0.15, 0.2) is 0 Å². The molecule has 2 fully saturated rings. The number of hydrogen-bond acceptors (Lipinski definition) is 3. The minimum atomic E-state index is -3.23. The van der Waals surface area contributed by atoms with Gasteiger partial charge in [0, 0.05) is 26.2 Å². The first kappa shape index (κ1) is 12.3. The van der Waals surface area contributed by atoms with Crippen LogP contribution in [-0.2, 0) is 10.2 Å². The maximum atomic E-state index is 12.2. The van der Waals surface area contributed by atoms with E-state index >= 15 is 0 Å². The average Bonchev–Trinajstić information content (AvgIpc) is 2.87. The van der Waals surface area contributed by atoms with Crippen molar-refractivity contribution in [2.45, 2.75) is 31.7 Å². The zero-order chi connectivity index (χ0) is 11.8. The van der Waals surface area contributed by atoms with Crippen LogP contribution < -0.4 is 5.73 Å². The zero-order valence-corrected chi connectivity index (χ0v) is 10.6. The van der Waals surface area contributed by atoms with E-state index in [0.29, 0.717) is 19.0 Å². The third-order valence-corrected chi connectivity index (χ3v) is 5.74. The van der Waals surface area contributed by atoms with Crippen LogP contribution in [0.25, 0.3) is 0 Å². The monoisotopic (exact) mass is 247 g/mol. The first-order valence-electron chi connectivity index (χ1n) is 5.99. The molecule has 1 aliphatic carbocycles. The fraction of sp³-hybridized carbons (Fsp3) is 1.00. The Kier molecular flexibility index (Phi) is 3.53. The molecule has 16 heavy (non-hydrogen) atoms. The Bertz CT molecular complexity index is 344. The van der Waals surface area contributed by atoms with Crippen LogP contribution in [0.15, 0.2) is 0 Å². The summed E-state index contributed by atoms with van der Waals surface area (Å²) < 4.78 is 27.6. The van der Waals surface area contributed by atoms with Gasteiger partial charge in [-0.15, -0.1) is 0 Å². The highest BCUT2D eigenvalue weighted by molar-refractivity contribution is 7.86. The molecule has 2 atom stereocenters. The molecule has 0 radical (unpaired) electrons. The molecule has 2 aliphatic rings. The first-order valence-corrected chi connectivity index (χ1v) is 7.38. The van der Waals surface area contributed by atoms with Crippen molar-refractivity contribution in [3.63, 3.8) is 0 Å². The predicted octanol–water partition coefficient (Wildman–Crippen LogP) is -0.00390. The second-order valence-electron chi connectivity index (χ2n) is 4.87. The Balaban J connectivity index is 2.02. The topological polar surface area (TPSA) is 66.6 Å². The lowest BCUT2D eigenvalue weighted by Gasteiger charge is -2.30. The second-order valence-corrected chi connectivity index (χ2v) is 6.86. The van der Waals surface area contributed by atoms with Gasteiger partial charge < -0.3 is 5.73 Å². The lowest BCUT2D eigenvalue weighted by Crippen LogP contribution is -2.46. The summed E-state index contributed by atoms with van der Waals surface area (Å²) in [6.07, 6.45) is 4.01. The van der Waals surface area contributed by atoms with Gasteiger partial charge in [-0.2, -0.15) is 17.0 Å². The van der Waals surface area contributed by atoms with Gasteiger partial charge in [-0.25, -0.2) is 0 Å². The van der Waals surface area contributed by atoms with Crippen LogP contribution in [0, 0.1) is 5.92 Å². The molecule has 5 nitrogen and oxygen atoms in total. The van der Waals surface area contributed by atoms with Crippen LogP contribution in [0.5, 0.6) is 0 Å². The Hall–Kier alpha value is -0.170. The van der Waals surface area contributed by atoms with Gasteiger partial charge in [0.25, 0.3) is 10.2 Å². The van der Waals surface area contributed by atoms with E-state index in [4.69, 9.17) is 5.73 Å². The molecule has 1 heterocycles. The van der Waals surface area contributed by atoms with Gasteiger partial charge in [-0.3, -0.25) is 0 Å². The van der Waals surface area contributed by atoms with Crippen molar-refractivity contribution >= 4 is 10.2 Å². The maximum absolute atomic E-state index is 12.2. The summed E-state index contributed by atoms with van der Waals surface area (Å²) >= 11 is 0. The predicted molar refractivity (Wildman–Crippen MR) is 63.1 cm³/mol. The third kappa shape index (κ3) is 2.11. The van der Waals surface area contributed by atoms with E-state index in [2.05, 4.69) is 0 Å². The fourth-order valence-corrected chi connectivity index (χ4v) is 4.46. The highest BCUT2D eigenvalue weighted by Crippen LogP contribution is 2.39. The molecule has 0 aromatic heterocycles. The van der Waals surface area contributed by atoms with Crippen molar-refractivity contribution in [1.29, 1.82) is 0 Å². The summed E-state index contributed by atoms with van der Waals surface area (Å²) in [5.41, 5.74) is 5.40. The van der Waals surface area contributed by atoms with Crippen molar-refractivity contribution in [2.75, 3.05) is 26.7 Å². The summed E-state index contributed by atoms with van der Waals surface area (Å²) in [6, 6.07) is 0.260. The highest BCUT2D eigenvalue weighted by Gasteiger charge is 2.44. The van der Waals surface area contributed by atoms with Crippen LogP contribution in [0.2, 0.25) is 0 Å². The Morgan fingerprint density at radius 3 is 2.69 bits per heavy atom. The van der Waals surface area contributed by atoms with Crippen LogP contribution in [0.4, 0.5) is 0 Å². The number of hydrogen-bond donors (Lipinski definition) is 1. The van der Waals surface area contributed by atoms with Gasteiger partial charge in [0.05, 0.1) is 0 Å². The molecule has 94 valence electrons. The lowest BCUT2D eigenvalue weighted by molar-refractivity contribution is 0.304. The van der Waals surface area contributed by atoms with Crippen molar-refractivity contribution in [2.24, 2.45) is 11.7 Å². The second kappa shape index (κ2) is 4.60. The Morgan fingerprint density at radius 1 is 1.44 bits per heavy atom. The van der Waals surface area contributed by atoms with Crippen LogP contribution in [0.3, 0.4) is 0 Å². The zero-order valence-electron chi connectivity index (χ0n) is 9.80. The highest BCUT2D eigenvalue weighted by atomic mass is 32.2. The maximum Gasteiger partial charge on any atom is 0.281 e. The summed E-state index contributed by atoms with van der Waals surface area (Å²) in [5.74, 6) is 0.600. The molecule has 0 amide bonds. The minimum absolute atomic E-state index is 0.260. The minimum Gasteiger partial charge on any atom is -0.330 e. The van der Waals surface area contributed by atoms with Crippen LogP contribution in [0.1, 0.15) is 25.7 Å². The standard InChI is InChI=1S/C10H21N3O2S/c1-12(6-2-5-11)16(14,15)13-8-9-3-4-10(13)7-9/h9-10H,2-8,11H2,1H3. The van der Waals surface area contributed by atoms with Crippen molar-refractivity contribution in [3.05, 3.63) is 0 Å². The molecule has 0 aromatic carbocycles. The lowest BCUT2D eigenvalue weighted by atomic mass is 10.1. The molecule has 2 bridgehead atoms. The molecular weight excluding hydrogens is 226 g/mol. The molecule has 1 saturated carbocycles. The SMILES string of the molecule is CN(CCCN)S(=O)(=O)N1CC2CCC1C2. The summed E-state index contributed by atoms with van der Waals surface area (Å²) in [6.45, 7) is 1.78. The van der Waals surface area contributed by atoms with E-state index < -0.39 is 10.2 Å². The molecule has 2 unspecified atom stereocenters. The van der Waals surface area contributed by atoms with Crippen molar-refractivity contribution < 1.29 is 8.42 Å². The Labute approximate surface area is 97.8 Å². The number of fused-ring (bicyclic) bond motifs is 2. The molecule has 0 spiro atoms. The fourth-order valence-electron chi connectivity index (χ4n) is 2.77. The quantitative estimate of drug-likeness (QED) is 0.743. The molecule has 0 aromatic rings. The van der Waals surface area contributed by atoms with Crippen molar-refractivity contribution in [3.8, 4) is 0 Å². The molecule has 2 rings (SSSR count).